The Kier molecular flexibility index (Phi) is 0.783. The summed E-state index contributed by atoms with van der Waals surface area (Å²) in [5.41, 5.74) is 0.540. The van der Waals surface area contributed by atoms with Gasteiger partial charge in [0.05, 0.1) is 6.61 Å². The average molecular weight is 139 g/mol. The minimum absolute atomic E-state index is 0.350. The number of aliphatic hydroxyl groups excluding tert-OH is 1. The first-order chi connectivity index (χ1) is 4.86. The molecule has 56 valence electrons. The second kappa shape index (κ2) is 1.41. The van der Waals surface area contributed by atoms with E-state index in [1.54, 1.807) is 0 Å². The molecule has 3 fully saturated rings. The van der Waals surface area contributed by atoms with Crippen LogP contribution in [0.15, 0.2) is 0 Å². The van der Waals surface area contributed by atoms with Crippen LogP contribution >= 0.6 is 0 Å². The van der Waals surface area contributed by atoms with E-state index in [1.165, 1.54) is 19.3 Å². The van der Waals surface area contributed by atoms with E-state index in [2.05, 4.69) is 5.32 Å². The van der Waals surface area contributed by atoms with Crippen LogP contribution in [0.25, 0.3) is 0 Å². The minimum atomic E-state index is 0.350. The normalized spacial score (nSPS) is 53.1. The highest BCUT2D eigenvalue weighted by molar-refractivity contribution is 5.23. The van der Waals surface area contributed by atoms with Crippen LogP contribution in [0, 0.1) is 11.8 Å². The molecule has 1 aliphatic heterocycles. The summed E-state index contributed by atoms with van der Waals surface area (Å²) in [5, 5.41) is 12.5. The standard InChI is InChI=1S/C8H13NO/c10-4-7-5-3-6(5)8(9-7)1-2-8/h5-7,9-10H,1-4H2. The van der Waals surface area contributed by atoms with Gasteiger partial charge in [-0.2, -0.15) is 0 Å². The van der Waals surface area contributed by atoms with Crippen molar-refractivity contribution in [2.45, 2.75) is 30.8 Å². The SMILES string of the molecule is OCC1NC2(CC2)C2CC12. The number of fused-ring (bicyclic) bond motifs is 2. The molecule has 2 heteroatoms. The van der Waals surface area contributed by atoms with Crippen molar-refractivity contribution < 1.29 is 5.11 Å². The molecule has 1 saturated heterocycles. The van der Waals surface area contributed by atoms with Crippen LogP contribution in [0.4, 0.5) is 0 Å². The van der Waals surface area contributed by atoms with Crippen molar-refractivity contribution in [2.75, 3.05) is 6.61 Å². The topological polar surface area (TPSA) is 32.3 Å². The minimum Gasteiger partial charge on any atom is -0.395 e. The van der Waals surface area contributed by atoms with Crippen molar-refractivity contribution >= 4 is 0 Å². The number of piperidine rings is 1. The molecule has 2 aliphatic carbocycles. The summed E-state index contributed by atoms with van der Waals surface area (Å²) >= 11 is 0. The second-order valence-corrected chi connectivity index (χ2v) is 4.10. The molecule has 3 rings (SSSR count). The third-order valence-electron chi connectivity index (χ3n) is 3.52. The molecule has 1 heterocycles. The molecule has 2 nitrogen and oxygen atoms in total. The van der Waals surface area contributed by atoms with Crippen LogP contribution < -0.4 is 5.32 Å². The van der Waals surface area contributed by atoms with E-state index in [0.717, 1.165) is 11.8 Å². The Morgan fingerprint density at radius 2 is 2.30 bits per heavy atom. The Morgan fingerprint density at radius 1 is 1.50 bits per heavy atom. The Morgan fingerprint density at radius 3 is 2.70 bits per heavy atom. The lowest BCUT2D eigenvalue weighted by Crippen LogP contribution is -2.37. The molecule has 3 atom stereocenters. The molecule has 3 unspecified atom stereocenters. The lowest BCUT2D eigenvalue weighted by Gasteiger charge is -2.15. The molecule has 0 aromatic rings. The van der Waals surface area contributed by atoms with E-state index in [9.17, 15) is 0 Å². The zero-order valence-corrected chi connectivity index (χ0v) is 6.01. The van der Waals surface area contributed by atoms with E-state index in [0.29, 0.717) is 18.2 Å². The molecule has 3 aliphatic rings. The highest BCUT2D eigenvalue weighted by Crippen LogP contribution is 2.63. The van der Waals surface area contributed by atoms with Crippen molar-refractivity contribution in [1.82, 2.24) is 5.32 Å². The fourth-order valence-corrected chi connectivity index (χ4v) is 2.71. The Labute approximate surface area is 60.6 Å². The Balaban J connectivity index is 1.84. The van der Waals surface area contributed by atoms with Gasteiger partial charge in [-0.1, -0.05) is 0 Å². The molecular formula is C8H13NO. The molecule has 1 spiro atoms. The fraction of sp³-hybridized carbons (Fsp3) is 1.00. The molecule has 0 aromatic carbocycles. The van der Waals surface area contributed by atoms with Gasteiger partial charge < -0.3 is 10.4 Å². The average Bonchev–Trinajstić information content (AvgIpc) is 2.71. The van der Waals surface area contributed by atoms with Crippen LogP contribution in [0.3, 0.4) is 0 Å². The lowest BCUT2D eigenvalue weighted by atomic mass is 10.2. The van der Waals surface area contributed by atoms with Gasteiger partial charge in [-0.15, -0.1) is 0 Å². The Bertz CT molecular complexity index is 176. The predicted octanol–water partition coefficient (Wildman–Crippen LogP) is 0.119. The van der Waals surface area contributed by atoms with Gasteiger partial charge in [0, 0.05) is 11.6 Å². The summed E-state index contributed by atoms with van der Waals surface area (Å²) in [6, 6.07) is 0.451. The summed E-state index contributed by atoms with van der Waals surface area (Å²) in [6.07, 6.45) is 4.12. The predicted molar refractivity (Wildman–Crippen MR) is 37.6 cm³/mol. The van der Waals surface area contributed by atoms with Crippen LogP contribution in [0.2, 0.25) is 0 Å². The number of aliphatic hydroxyl groups is 1. The molecule has 2 saturated carbocycles. The largest absolute Gasteiger partial charge is 0.395 e. The van der Waals surface area contributed by atoms with Gasteiger partial charge in [0.25, 0.3) is 0 Å². The van der Waals surface area contributed by atoms with Gasteiger partial charge in [0.2, 0.25) is 0 Å². The van der Waals surface area contributed by atoms with Crippen LogP contribution in [-0.2, 0) is 0 Å². The highest BCUT2D eigenvalue weighted by atomic mass is 16.3. The second-order valence-electron chi connectivity index (χ2n) is 4.10. The molecule has 0 radical (unpaired) electrons. The van der Waals surface area contributed by atoms with E-state index in [4.69, 9.17) is 5.11 Å². The molecular weight excluding hydrogens is 126 g/mol. The summed E-state index contributed by atoms with van der Waals surface area (Å²) < 4.78 is 0. The maximum absolute atomic E-state index is 8.96. The number of hydrogen-bond donors (Lipinski definition) is 2. The van der Waals surface area contributed by atoms with Crippen molar-refractivity contribution in [2.24, 2.45) is 11.8 Å². The van der Waals surface area contributed by atoms with Crippen LogP contribution in [0.1, 0.15) is 19.3 Å². The van der Waals surface area contributed by atoms with Crippen molar-refractivity contribution in [3.8, 4) is 0 Å². The summed E-state index contributed by atoms with van der Waals surface area (Å²) in [5.74, 6) is 1.79. The quantitative estimate of drug-likeness (QED) is 0.541. The molecule has 10 heavy (non-hydrogen) atoms. The molecule has 0 aromatic heterocycles. The monoisotopic (exact) mass is 139 g/mol. The van der Waals surface area contributed by atoms with E-state index >= 15 is 0 Å². The summed E-state index contributed by atoms with van der Waals surface area (Å²) in [4.78, 5) is 0. The van der Waals surface area contributed by atoms with E-state index in [1.807, 2.05) is 0 Å². The molecule has 0 bridgehead atoms. The summed E-state index contributed by atoms with van der Waals surface area (Å²) in [7, 11) is 0. The number of hydrogen-bond acceptors (Lipinski definition) is 2. The summed E-state index contributed by atoms with van der Waals surface area (Å²) in [6.45, 7) is 0.350. The third-order valence-corrected chi connectivity index (χ3v) is 3.52. The third kappa shape index (κ3) is 0.487. The van der Waals surface area contributed by atoms with Gasteiger partial charge in [-0.3, -0.25) is 0 Å². The first-order valence-electron chi connectivity index (χ1n) is 4.24. The maximum atomic E-state index is 8.96. The first kappa shape index (κ1) is 5.56. The van der Waals surface area contributed by atoms with Crippen LogP contribution in [0.5, 0.6) is 0 Å². The van der Waals surface area contributed by atoms with Crippen molar-refractivity contribution in [3.05, 3.63) is 0 Å². The Hall–Kier alpha value is -0.0800. The molecule has 2 N–H and O–H groups in total. The zero-order valence-electron chi connectivity index (χ0n) is 6.01. The van der Waals surface area contributed by atoms with Gasteiger partial charge in [0.1, 0.15) is 0 Å². The van der Waals surface area contributed by atoms with Crippen molar-refractivity contribution in [1.29, 1.82) is 0 Å². The van der Waals surface area contributed by atoms with Gasteiger partial charge >= 0.3 is 0 Å². The maximum Gasteiger partial charge on any atom is 0.0587 e. The number of nitrogens with one attached hydrogen (secondary N) is 1. The first-order valence-corrected chi connectivity index (χ1v) is 4.24. The van der Waals surface area contributed by atoms with Gasteiger partial charge in [-0.25, -0.2) is 0 Å². The van der Waals surface area contributed by atoms with E-state index in [-0.39, 0.29) is 0 Å². The van der Waals surface area contributed by atoms with Gasteiger partial charge in [-0.05, 0) is 31.1 Å². The van der Waals surface area contributed by atoms with E-state index < -0.39 is 0 Å². The van der Waals surface area contributed by atoms with Crippen LogP contribution in [-0.4, -0.2) is 23.3 Å². The zero-order chi connectivity index (χ0) is 6.77. The lowest BCUT2D eigenvalue weighted by molar-refractivity contribution is 0.235. The number of rotatable bonds is 1. The van der Waals surface area contributed by atoms with Gasteiger partial charge in [0.15, 0.2) is 0 Å². The molecule has 0 amide bonds. The smallest absolute Gasteiger partial charge is 0.0587 e. The highest BCUT2D eigenvalue weighted by Gasteiger charge is 2.67. The fourth-order valence-electron chi connectivity index (χ4n) is 2.71. The van der Waals surface area contributed by atoms with Crippen molar-refractivity contribution in [3.63, 3.8) is 0 Å².